The Hall–Kier alpha value is -4.34. The van der Waals surface area contributed by atoms with Crippen LogP contribution in [0.4, 0.5) is 25.1 Å². The third-order valence-electron chi connectivity index (χ3n) is 6.18. The van der Waals surface area contributed by atoms with Crippen molar-refractivity contribution in [2.45, 2.75) is 25.4 Å². The Balaban J connectivity index is 1.29. The Kier molecular flexibility index (Phi) is 6.57. The summed E-state index contributed by atoms with van der Waals surface area (Å²) in [6, 6.07) is 15.5. The van der Waals surface area contributed by atoms with Crippen LogP contribution in [-0.2, 0) is 6.54 Å². The van der Waals surface area contributed by atoms with E-state index in [4.69, 9.17) is 0 Å². The largest absolute Gasteiger partial charge is 0.352 e. The first-order valence-corrected chi connectivity index (χ1v) is 11.6. The molecule has 0 spiro atoms. The standard InChI is InChI=1S/C26H24F2N6O2/c27-18-8-9-21(20(28)15-18)32-26(36)30-19-10-13-33(14-11-19)24-25(35)34(16-17-5-2-1-3-6-17)23-22(31-24)7-4-12-29-23/h1-9,12,15,19H,10-11,13-14,16H2,(H2,30,32,36). The fourth-order valence-electron chi connectivity index (χ4n) is 4.35. The van der Waals surface area contributed by atoms with E-state index < -0.39 is 17.7 Å². The van der Waals surface area contributed by atoms with Crippen LogP contribution in [-0.4, -0.2) is 39.7 Å². The van der Waals surface area contributed by atoms with Gasteiger partial charge in [0.05, 0.1) is 12.2 Å². The molecule has 2 N–H and O–H groups in total. The number of pyridine rings is 1. The summed E-state index contributed by atoms with van der Waals surface area (Å²) in [6.45, 7) is 1.39. The van der Waals surface area contributed by atoms with Gasteiger partial charge in [-0.3, -0.25) is 9.36 Å². The van der Waals surface area contributed by atoms with Crippen molar-refractivity contribution >= 4 is 28.7 Å². The minimum absolute atomic E-state index is 0.0979. The van der Waals surface area contributed by atoms with Gasteiger partial charge in [0, 0.05) is 31.4 Å². The lowest BCUT2D eigenvalue weighted by Crippen LogP contribution is -2.47. The Labute approximate surface area is 205 Å². The molecule has 1 aliphatic rings. The van der Waals surface area contributed by atoms with Gasteiger partial charge >= 0.3 is 6.03 Å². The van der Waals surface area contributed by atoms with E-state index in [0.29, 0.717) is 55.5 Å². The summed E-state index contributed by atoms with van der Waals surface area (Å²) >= 11 is 0. The van der Waals surface area contributed by atoms with Gasteiger partial charge in [-0.25, -0.2) is 23.5 Å². The number of nitrogens with zero attached hydrogens (tertiary/aromatic N) is 4. The Morgan fingerprint density at radius 1 is 1.03 bits per heavy atom. The smallest absolute Gasteiger partial charge is 0.319 e. The molecule has 0 aliphatic carbocycles. The molecule has 0 unspecified atom stereocenters. The van der Waals surface area contributed by atoms with E-state index in [1.54, 1.807) is 16.8 Å². The molecule has 2 amide bonds. The van der Waals surface area contributed by atoms with Crippen LogP contribution in [0.3, 0.4) is 0 Å². The van der Waals surface area contributed by atoms with Crippen LogP contribution in [0, 0.1) is 11.6 Å². The normalized spacial score (nSPS) is 14.1. The number of hydrogen-bond donors (Lipinski definition) is 2. The second-order valence-corrected chi connectivity index (χ2v) is 8.64. The predicted octanol–water partition coefficient (Wildman–Crippen LogP) is 3.91. The van der Waals surface area contributed by atoms with Crippen molar-refractivity contribution in [2.75, 3.05) is 23.3 Å². The Bertz CT molecular complexity index is 1450. The first-order valence-electron chi connectivity index (χ1n) is 11.6. The van der Waals surface area contributed by atoms with Crippen molar-refractivity contribution in [3.63, 3.8) is 0 Å². The summed E-state index contributed by atoms with van der Waals surface area (Å²) < 4.78 is 28.5. The zero-order valence-corrected chi connectivity index (χ0v) is 19.3. The lowest BCUT2D eigenvalue weighted by atomic mass is 10.1. The Morgan fingerprint density at radius 2 is 1.81 bits per heavy atom. The average Bonchev–Trinajstić information content (AvgIpc) is 2.88. The van der Waals surface area contributed by atoms with Gasteiger partial charge < -0.3 is 15.5 Å². The number of halogens is 2. The molecule has 3 heterocycles. The number of carbonyl (C=O) groups excluding carboxylic acids is 1. The summed E-state index contributed by atoms with van der Waals surface area (Å²) in [5.41, 5.74) is 1.82. The molecule has 0 radical (unpaired) electrons. The topological polar surface area (TPSA) is 92.2 Å². The molecule has 4 aromatic rings. The predicted molar refractivity (Wildman–Crippen MR) is 133 cm³/mol. The molecule has 1 fully saturated rings. The second kappa shape index (κ2) is 10.1. The van der Waals surface area contributed by atoms with E-state index in [1.807, 2.05) is 41.3 Å². The molecule has 0 saturated carbocycles. The summed E-state index contributed by atoms with van der Waals surface area (Å²) in [4.78, 5) is 36.7. The molecule has 8 nitrogen and oxygen atoms in total. The van der Waals surface area contributed by atoms with Crippen molar-refractivity contribution in [3.8, 4) is 0 Å². The molecular formula is C26H24F2N6O2. The highest BCUT2D eigenvalue weighted by molar-refractivity contribution is 5.89. The maximum Gasteiger partial charge on any atom is 0.319 e. The zero-order chi connectivity index (χ0) is 25.1. The molecule has 0 bridgehead atoms. The number of nitrogens with one attached hydrogen (secondary N) is 2. The molecule has 10 heteroatoms. The van der Waals surface area contributed by atoms with E-state index in [1.165, 1.54) is 6.07 Å². The zero-order valence-electron chi connectivity index (χ0n) is 19.3. The van der Waals surface area contributed by atoms with Gasteiger partial charge in [-0.15, -0.1) is 0 Å². The number of hydrogen-bond acceptors (Lipinski definition) is 5. The minimum atomic E-state index is -0.844. The molecule has 184 valence electrons. The number of carbonyl (C=O) groups is 1. The summed E-state index contributed by atoms with van der Waals surface area (Å²) in [5, 5.41) is 5.23. The van der Waals surface area contributed by atoms with Crippen molar-refractivity contribution in [3.05, 3.63) is 94.4 Å². The van der Waals surface area contributed by atoms with E-state index in [9.17, 15) is 18.4 Å². The van der Waals surface area contributed by atoms with Gasteiger partial charge in [0.25, 0.3) is 5.56 Å². The summed E-state index contributed by atoms with van der Waals surface area (Å²) in [7, 11) is 0. The number of rotatable bonds is 5. The highest BCUT2D eigenvalue weighted by Gasteiger charge is 2.25. The van der Waals surface area contributed by atoms with Crippen LogP contribution in [0.25, 0.3) is 11.2 Å². The lowest BCUT2D eigenvalue weighted by Gasteiger charge is -2.33. The Morgan fingerprint density at radius 3 is 2.56 bits per heavy atom. The van der Waals surface area contributed by atoms with Crippen LogP contribution in [0.2, 0.25) is 0 Å². The van der Waals surface area contributed by atoms with Crippen molar-refractivity contribution in [1.82, 2.24) is 19.9 Å². The fraction of sp³-hybridized carbons (Fsp3) is 0.231. The number of aromatic nitrogens is 3. The van der Waals surface area contributed by atoms with Crippen LogP contribution in [0.1, 0.15) is 18.4 Å². The van der Waals surface area contributed by atoms with Crippen molar-refractivity contribution < 1.29 is 13.6 Å². The van der Waals surface area contributed by atoms with E-state index >= 15 is 0 Å². The molecule has 5 rings (SSSR count). The molecule has 1 saturated heterocycles. The van der Waals surface area contributed by atoms with E-state index in [0.717, 1.165) is 11.6 Å². The van der Waals surface area contributed by atoms with Crippen LogP contribution in [0.15, 0.2) is 71.7 Å². The first kappa shape index (κ1) is 23.4. The van der Waals surface area contributed by atoms with E-state index in [-0.39, 0.29) is 17.3 Å². The second-order valence-electron chi connectivity index (χ2n) is 8.64. The molecule has 2 aromatic heterocycles. The average molecular weight is 491 g/mol. The molecule has 2 aromatic carbocycles. The van der Waals surface area contributed by atoms with Crippen LogP contribution in [0.5, 0.6) is 0 Å². The SMILES string of the molecule is O=C(Nc1ccc(F)cc1F)NC1CCN(c2nc3cccnc3n(Cc3ccccc3)c2=O)CC1. The molecular weight excluding hydrogens is 466 g/mol. The monoisotopic (exact) mass is 490 g/mol. The van der Waals surface area contributed by atoms with Gasteiger partial charge in [-0.05, 0) is 42.7 Å². The number of amides is 2. The highest BCUT2D eigenvalue weighted by atomic mass is 19.1. The minimum Gasteiger partial charge on any atom is -0.352 e. The highest BCUT2D eigenvalue weighted by Crippen LogP contribution is 2.19. The summed E-state index contributed by atoms with van der Waals surface area (Å²) in [5.74, 6) is -1.21. The van der Waals surface area contributed by atoms with Gasteiger partial charge in [0.1, 0.15) is 17.2 Å². The van der Waals surface area contributed by atoms with Crippen molar-refractivity contribution in [2.24, 2.45) is 0 Å². The van der Waals surface area contributed by atoms with Crippen LogP contribution >= 0.6 is 0 Å². The lowest BCUT2D eigenvalue weighted by molar-refractivity contribution is 0.246. The number of urea groups is 1. The third kappa shape index (κ3) is 5.02. The first-order chi connectivity index (χ1) is 17.5. The number of fused-ring (bicyclic) bond motifs is 1. The van der Waals surface area contributed by atoms with Crippen LogP contribution < -0.4 is 21.1 Å². The maximum absolute atomic E-state index is 13.8. The number of anilines is 2. The maximum atomic E-state index is 13.8. The molecule has 0 atom stereocenters. The third-order valence-corrected chi connectivity index (χ3v) is 6.18. The van der Waals surface area contributed by atoms with E-state index in [2.05, 4.69) is 20.6 Å². The quantitative estimate of drug-likeness (QED) is 0.443. The fourth-order valence-corrected chi connectivity index (χ4v) is 4.35. The van der Waals surface area contributed by atoms with Crippen molar-refractivity contribution in [1.29, 1.82) is 0 Å². The number of piperidine rings is 1. The molecule has 1 aliphatic heterocycles. The van der Waals surface area contributed by atoms with Gasteiger partial charge in [0.2, 0.25) is 0 Å². The molecule has 36 heavy (non-hydrogen) atoms. The summed E-state index contributed by atoms with van der Waals surface area (Å²) in [6.07, 6.45) is 2.79. The van der Waals surface area contributed by atoms with Gasteiger partial charge in [0.15, 0.2) is 11.5 Å². The van der Waals surface area contributed by atoms with Gasteiger partial charge in [-0.2, -0.15) is 0 Å². The van der Waals surface area contributed by atoms with Gasteiger partial charge in [-0.1, -0.05) is 30.3 Å². The number of benzene rings is 2.